The third-order valence-electron chi connectivity index (χ3n) is 4.89. The summed E-state index contributed by atoms with van der Waals surface area (Å²) in [6.45, 7) is 4.57. The Bertz CT molecular complexity index is 801. The quantitative estimate of drug-likeness (QED) is 0.142. The molecule has 1 aliphatic heterocycles. The lowest BCUT2D eigenvalue weighted by Crippen LogP contribution is -2.50. The maximum absolute atomic E-state index is 12.8. The standard InChI is InChI=1S/C21H38N3O9PS/c1-21(2)15-32-34(29,31-13-12-24(3,4)5)33-19(21)20(28)23-10-9-16(25)22-11-14-35-18(27)8-7-17(26)30-6/h19H,7-15H2,1-6H3,(H-,22,23,25,28)/p+1/t19-,34?/m0/s1. The van der Waals surface area contributed by atoms with E-state index in [-0.39, 0.29) is 56.6 Å². The second-order valence-corrected chi connectivity index (χ2v) is 12.5. The lowest BCUT2D eigenvalue weighted by Gasteiger charge is -2.39. The number of quaternary nitrogens is 1. The summed E-state index contributed by atoms with van der Waals surface area (Å²) < 4.78 is 34.1. The van der Waals surface area contributed by atoms with Gasteiger partial charge in [-0.05, 0) is 0 Å². The monoisotopic (exact) mass is 540 g/mol. The van der Waals surface area contributed by atoms with Crippen LogP contribution in [0.4, 0.5) is 0 Å². The van der Waals surface area contributed by atoms with Gasteiger partial charge in [-0.3, -0.25) is 32.7 Å². The molecule has 1 unspecified atom stereocenters. The molecule has 0 saturated carbocycles. The average Bonchev–Trinajstić information content (AvgIpc) is 2.76. The molecular formula is C21H39N3O9PS+. The lowest BCUT2D eigenvalue weighted by molar-refractivity contribution is -0.870. The predicted octanol–water partition coefficient (Wildman–Crippen LogP) is 1.09. The van der Waals surface area contributed by atoms with E-state index < -0.39 is 31.2 Å². The number of nitrogens with one attached hydrogen (secondary N) is 2. The van der Waals surface area contributed by atoms with E-state index >= 15 is 0 Å². The van der Waals surface area contributed by atoms with Crippen molar-refractivity contribution in [2.75, 3.05) is 66.9 Å². The molecule has 12 nitrogen and oxygen atoms in total. The van der Waals surface area contributed by atoms with Gasteiger partial charge in [-0.2, -0.15) is 0 Å². The molecule has 1 fully saturated rings. The SMILES string of the molecule is COC(=O)CCC(=O)SCCNC(=O)CCNC(=O)[C@@H]1OP(=O)(OCC[N+](C)(C)C)OCC1(C)C. The van der Waals surface area contributed by atoms with Crippen LogP contribution in [0.25, 0.3) is 0 Å². The van der Waals surface area contributed by atoms with Crippen LogP contribution in [0.2, 0.25) is 0 Å². The number of methoxy groups -OCH3 is 1. The lowest BCUT2D eigenvalue weighted by atomic mass is 9.87. The highest BCUT2D eigenvalue weighted by Crippen LogP contribution is 2.57. The average molecular weight is 541 g/mol. The second kappa shape index (κ2) is 14.3. The number of thioether (sulfide) groups is 1. The molecule has 0 radical (unpaired) electrons. The minimum Gasteiger partial charge on any atom is -0.469 e. The zero-order chi connectivity index (χ0) is 26.7. The number of esters is 1. The molecule has 0 aromatic rings. The van der Waals surface area contributed by atoms with E-state index in [1.165, 1.54) is 7.11 Å². The highest BCUT2D eigenvalue weighted by molar-refractivity contribution is 8.13. The number of nitrogens with zero attached hydrogens (tertiary/aromatic N) is 1. The maximum Gasteiger partial charge on any atom is 0.475 e. The summed E-state index contributed by atoms with van der Waals surface area (Å²) in [6, 6.07) is 0. The number of carbonyl (C=O) groups excluding carboxylic acids is 4. The fraction of sp³-hybridized carbons (Fsp3) is 0.810. The fourth-order valence-electron chi connectivity index (χ4n) is 2.73. The Balaban J connectivity index is 2.36. The number of rotatable bonds is 14. The Kier molecular flexibility index (Phi) is 12.9. The van der Waals surface area contributed by atoms with Crippen LogP contribution in [0, 0.1) is 5.41 Å². The fourth-order valence-corrected chi connectivity index (χ4v) is 5.04. The first-order valence-electron chi connectivity index (χ1n) is 11.3. The van der Waals surface area contributed by atoms with E-state index in [4.69, 9.17) is 13.6 Å². The van der Waals surface area contributed by atoms with Crippen LogP contribution in [-0.2, 0) is 42.1 Å². The molecule has 202 valence electrons. The normalized spacial score (nSPS) is 21.7. The smallest absolute Gasteiger partial charge is 0.469 e. The van der Waals surface area contributed by atoms with Crippen molar-refractivity contribution in [3.63, 3.8) is 0 Å². The van der Waals surface area contributed by atoms with Crippen LogP contribution in [0.3, 0.4) is 0 Å². The minimum absolute atomic E-state index is 0.0171. The van der Waals surface area contributed by atoms with Crippen LogP contribution in [-0.4, -0.2) is 100 Å². The molecule has 0 spiro atoms. The first kappa shape index (κ1) is 31.5. The number of hydrogen-bond acceptors (Lipinski definition) is 10. The van der Waals surface area contributed by atoms with Crippen molar-refractivity contribution >= 4 is 42.5 Å². The molecule has 1 heterocycles. The Morgan fingerprint density at radius 2 is 1.77 bits per heavy atom. The van der Waals surface area contributed by atoms with Crippen molar-refractivity contribution in [1.29, 1.82) is 0 Å². The van der Waals surface area contributed by atoms with E-state index in [0.29, 0.717) is 16.8 Å². The summed E-state index contributed by atoms with van der Waals surface area (Å²) in [5.41, 5.74) is -0.749. The number of likely N-dealkylation sites (N-methyl/N-ethyl adjacent to an activating group) is 1. The van der Waals surface area contributed by atoms with Crippen molar-refractivity contribution in [3.8, 4) is 0 Å². The summed E-state index contributed by atoms with van der Waals surface area (Å²) in [5, 5.41) is 5.14. The molecule has 2 N–H and O–H groups in total. The van der Waals surface area contributed by atoms with Crippen molar-refractivity contribution in [3.05, 3.63) is 0 Å². The van der Waals surface area contributed by atoms with E-state index in [2.05, 4.69) is 15.4 Å². The summed E-state index contributed by atoms with van der Waals surface area (Å²) in [6.07, 6.45) is -0.939. The first-order valence-corrected chi connectivity index (χ1v) is 13.8. The molecule has 1 saturated heterocycles. The number of amides is 2. The molecule has 14 heteroatoms. The Labute approximate surface area is 211 Å². The third kappa shape index (κ3) is 12.9. The van der Waals surface area contributed by atoms with E-state index in [0.717, 1.165) is 11.8 Å². The van der Waals surface area contributed by atoms with Gasteiger partial charge in [0.05, 0.1) is 41.3 Å². The van der Waals surface area contributed by atoms with Crippen LogP contribution < -0.4 is 10.6 Å². The summed E-state index contributed by atoms with van der Waals surface area (Å²) in [4.78, 5) is 47.4. The number of hydrogen-bond donors (Lipinski definition) is 2. The molecule has 1 rings (SSSR count). The van der Waals surface area contributed by atoms with Gasteiger partial charge in [-0.1, -0.05) is 25.6 Å². The largest absolute Gasteiger partial charge is 0.475 e. The van der Waals surface area contributed by atoms with Gasteiger partial charge in [0.25, 0.3) is 0 Å². The molecule has 35 heavy (non-hydrogen) atoms. The summed E-state index contributed by atoms with van der Waals surface area (Å²) in [5.74, 6) is -0.882. The summed E-state index contributed by atoms with van der Waals surface area (Å²) in [7, 11) is 3.26. The van der Waals surface area contributed by atoms with Crippen LogP contribution in [0.5, 0.6) is 0 Å². The molecule has 1 aliphatic rings. The highest BCUT2D eigenvalue weighted by atomic mass is 32.2. The minimum atomic E-state index is -3.89. The summed E-state index contributed by atoms with van der Waals surface area (Å²) >= 11 is 1.03. The molecule has 2 atom stereocenters. The molecule has 0 aliphatic carbocycles. The van der Waals surface area contributed by atoms with E-state index in [9.17, 15) is 23.7 Å². The number of phosphoric acid groups is 1. The van der Waals surface area contributed by atoms with Crippen LogP contribution >= 0.6 is 19.6 Å². The topological polar surface area (TPSA) is 146 Å². The highest BCUT2D eigenvalue weighted by Gasteiger charge is 2.49. The van der Waals surface area contributed by atoms with Gasteiger partial charge < -0.3 is 19.9 Å². The second-order valence-electron chi connectivity index (χ2n) is 9.73. The number of ether oxygens (including phenoxy) is 1. The van der Waals surface area contributed by atoms with E-state index in [1.54, 1.807) is 13.8 Å². The molecular weight excluding hydrogens is 501 g/mol. The number of carbonyl (C=O) groups is 4. The maximum atomic E-state index is 12.8. The van der Waals surface area contributed by atoms with Gasteiger partial charge in [0.15, 0.2) is 11.2 Å². The van der Waals surface area contributed by atoms with Gasteiger partial charge in [0, 0.05) is 37.1 Å². The van der Waals surface area contributed by atoms with Gasteiger partial charge in [-0.15, -0.1) is 0 Å². The molecule has 0 aromatic heterocycles. The zero-order valence-corrected chi connectivity index (χ0v) is 23.1. The van der Waals surface area contributed by atoms with Crippen molar-refractivity contribution in [2.45, 2.75) is 39.2 Å². The van der Waals surface area contributed by atoms with Gasteiger partial charge in [0.1, 0.15) is 13.2 Å². The predicted molar refractivity (Wildman–Crippen MR) is 130 cm³/mol. The Hall–Kier alpha value is -1.50. The Morgan fingerprint density at radius 1 is 1.09 bits per heavy atom. The van der Waals surface area contributed by atoms with Crippen molar-refractivity contribution < 1.29 is 46.5 Å². The van der Waals surface area contributed by atoms with Crippen LogP contribution in [0.1, 0.15) is 33.1 Å². The molecule has 0 bridgehead atoms. The van der Waals surface area contributed by atoms with Gasteiger partial charge in [0.2, 0.25) is 11.8 Å². The third-order valence-corrected chi connectivity index (χ3v) is 7.24. The Morgan fingerprint density at radius 3 is 2.40 bits per heavy atom. The first-order chi connectivity index (χ1) is 16.2. The van der Waals surface area contributed by atoms with E-state index in [1.807, 2.05) is 21.1 Å². The molecule has 2 amide bonds. The van der Waals surface area contributed by atoms with Gasteiger partial charge >= 0.3 is 13.8 Å². The van der Waals surface area contributed by atoms with Crippen molar-refractivity contribution in [2.24, 2.45) is 5.41 Å². The van der Waals surface area contributed by atoms with Crippen molar-refractivity contribution in [1.82, 2.24) is 10.6 Å². The molecule has 0 aromatic carbocycles. The van der Waals surface area contributed by atoms with Crippen LogP contribution in [0.15, 0.2) is 0 Å². The van der Waals surface area contributed by atoms with Gasteiger partial charge in [-0.25, -0.2) is 4.57 Å². The number of phosphoric ester groups is 1. The zero-order valence-electron chi connectivity index (χ0n) is 21.4.